The first-order valence-corrected chi connectivity index (χ1v) is 4.46. The van der Waals surface area contributed by atoms with Crippen LogP contribution in [-0.4, -0.2) is 29.0 Å². The molecule has 0 aliphatic carbocycles. The molecule has 1 heterocycles. The Hall–Kier alpha value is -2.05. The predicted molar refractivity (Wildman–Crippen MR) is 57.9 cm³/mol. The molecule has 1 rings (SSSR count). The van der Waals surface area contributed by atoms with Crippen molar-refractivity contribution >= 4 is 23.5 Å². The van der Waals surface area contributed by atoms with E-state index in [0.717, 1.165) is 0 Å². The second-order valence-electron chi connectivity index (χ2n) is 2.99. The summed E-state index contributed by atoms with van der Waals surface area (Å²) < 4.78 is 0. The number of nitrogen functional groups attached to an aromatic ring is 2. The number of nitrogens with zero attached hydrogens (tertiary/aromatic N) is 3. The SMILES string of the molecule is CCN(CC(N)=O)c1cc(N)nc(N)n1. The summed E-state index contributed by atoms with van der Waals surface area (Å²) in [6.45, 7) is 2.53. The molecule has 82 valence electrons. The van der Waals surface area contributed by atoms with Crippen molar-refractivity contribution in [2.45, 2.75) is 6.92 Å². The number of carbonyl (C=O) groups excluding carboxylic acids is 1. The molecule has 0 aliphatic heterocycles. The van der Waals surface area contributed by atoms with Crippen molar-refractivity contribution in [3.63, 3.8) is 0 Å². The van der Waals surface area contributed by atoms with E-state index in [9.17, 15) is 4.79 Å². The summed E-state index contributed by atoms with van der Waals surface area (Å²) in [5, 5.41) is 0. The molecule has 0 bridgehead atoms. The third-order valence-corrected chi connectivity index (χ3v) is 1.80. The summed E-state index contributed by atoms with van der Waals surface area (Å²) in [5.41, 5.74) is 16.0. The minimum absolute atomic E-state index is 0.0758. The Morgan fingerprint density at radius 3 is 2.60 bits per heavy atom. The molecule has 15 heavy (non-hydrogen) atoms. The van der Waals surface area contributed by atoms with Crippen molar-refractivity contribution < 1.29 is 4.79 Å². The van der Waals surface area contributed by atoms with Crippen molar-refractivity contribution in [3.8, 4) is 0 Å². The molecule has 1 amide bonds. The zero-order valence-corrected chi connectivity index (χ0v) is 8.47. The number of carbonyl (C=O) groups is 1. The first kappa shape index (κ1) is 11.0. The van der Waals surface area contributed by atoms with Gasteiger partial charge in [0.25, 0.3) is 0 Å². The number of primary amides is 1. The van der Waals surface area contributed by atoms with Gasteiger partial charge in [-0.1, -0.05) is 0 Å². The molecule has 0 saturated heterocycles. The monoisotopic (exact) mass is 210 g/mol. The first-order chi connectivity index (χ1) is 7.02. The maximum absolute atomic E-state index is 10.8. The molecule has 0 radical (unpaired) electrons. The van der Waals surface area contributed by atoms with E-state index in [-0.39, 0.29) is 18.3 Å². The van der Waals surface area contributed by atoms with Crippen molar-refractivity contribution in [1.82, 2.24) is 9.97 Å². The number of hydrogen-bond donors (Lipinski definition) is 3. The fraction of sp³-hybridized carbons (Fsp3) is 0.375. The second-order valence-corrected chi connectivity index (χ2v) is 2.99. The summed E-state index contributed by atoms with van der Waals surface area (Å²) in [6.07, 6.45) is 0. The summed E-state index contributed by atoms with van der Waals surface area (Å²) in [6, 6.07) is 1.54. The molecule has 0 atom stereocenters. The standard InChI is InChI=1S/C8H14N6O/c1-2-14(4-6(10)15)7-3-5(9)12-8(11)13-7/h3H,2,4H2,1H3,(H2,10,15)(H4,9,11,12,13). The van der Waals surface area contributed by atoms with E-state index >= 15 is 0 Å². The van der Waals surface area contributed by atoms with Crippen LogP contribution in [0.15, 0.2) is 6.07 Å². The molecule has 0 unspecified atom stereocenters. The van der Waals surface area contributed by atoms with Crippen LogP contribution >= 0.6 is 0 Å². The fourth-order valence-corrected chi connectivity index (χ4v) is 1.18. The summed E-state index contributed by atoms with van der Waals surface area (Å²) >= 11 is 0. The largest absolute Gasteiger partial charge is 0.383 e. The van der Waals surface area contributed by atoms with E-state index < -0.39 is 5.91 Å². The molecular formula is C8H14N6O. The second kappa shape index (κ2) is 4.45. The van der Waals surface area contributed by atoms with E-state index in [2.05, 4.69) is 9.97 Å². The average Bonchev–Trinajstić information content (AvgIpc) is 2.12. The van der Waals surface area contributed by atoms with E-state index in [0.29, 0.717) is 12.4 Å². The van der Waals surface area contributed by atoms with Crippen LogP contribution in [0.4, 0.5) is 17.6 Å². The molecule has 7 heteroatoms. The van der Waals surface area contributed by atoms with E-state index in [1.165, 1.54) is 0 Å². The van der Waals surface area contributed by atoms with Crippen LogP contribution in [0.25, 0.3) is 0 Å². The zero-order valence-electron chi connectivity index (χ0n) is 8.47. The van der Waals surface area contributed by atoms with Gasteiger partial charge in [0.05, 0.1) is 6.54 Å². The third kappa shape index (κ3) is 2.97. The van der Waals surface area contributed by atoms with E-state index in [4.69, 9.17) is 17.2 Å². The number of amides is 1. The number of nitrogens with two attached hydrogens (primary N) is 3. The van der Waals surface area contributed by atoms with Crippen LogP contribution < -0.4 is 22.1 Å². The molecular weight excluding hydrogens is 196 g/mol. The van der Waals surface area contributed by atoms with Crippen molar-refractivity contribution in [3.05, 3.63) is 6.07 Å². The lowest BCUT2D eigenvalue weighted by Gasteiger charge is -2.20. The van der Waals surface area contributed by atoms with Gasteiger partial charge in [0.2, 0.25) is 11.9 Å². The van der Waals surface area contributed by atoms with Crippen LogP contribution in [0.3, 0.4) is 0 Å². The molecule has 0 fully saturated rings. The molecule has 0 aliphatic rings. The maximum atomic E-state index is 10.8. The van der Waals surface area contributed by atoms with E-state index in [1.807, 2.05) is 6.92 Å². The van der Waals surface area contributed by atoms with Gasteiger partial charge in [0.1, 0.15) is 11.6 Å². The Kier molecular flexibility index (Phi) is 3.27. The molecule has 1 aromatic rings. The van der Waals surface area contributed by atoms with Gasteiger partial charge in [-0.3, -0.25) is 4.79 Å². The Morgan fingerprint density at radius 2 is 2.13 bits per heavy atom. The number of likely N-dealkylation sites (N-methyl/N-ethyl adjacent to an activating group) is 1. The Balaban J connectivity index is 2.95. The van der Waals surface area contributed by atoms with Crippen molar-refractivity contribution in [2.24, 2.45) is 5.73 Å². The number of aromatic nitrogens is 2. The van der Waals surface area contributed by atoms with Crippen LogP contribution in [0, 0.1) is 0 Å². The summed E-state index contributed by atoms with van der Waals surface area (Å²) in [7, 11) is 0. The van der Waals surface area contributed by atoms with E-state index in [1.54, 1.807) is 11.0 Å². The highest BCUT2D eigenvalue weighted by atomic mass is 16.1. The minimum Gasteiger partial charge on any atom is -0.383 e. The average molecular weight is 210 g/mol. The molecule has 0 saturated carbocycles. The van der Waals surface area contributed by atoms with Crippen LogP contribution in [0.5, 0.6) is 0 Å². The normalized spacial score (nSPS) is 9.93. The highest BCUT2D eigenvalue weighted by Gasteiger charge is 2.10. The number of anilines is 3. The topological polar surface area (TPSA) is 124 Å². The van der Waals surface area contributed by atoms with Gasteiger partial charge in [-0.2, -0.15) is 9.97 Å². The van der Waals surface area contributed by atoms with Gasteiger partial charge in [0, 0.05) is 12.6 Å². The molecule has 0 spiro atoms. The van der Waals surface area contributed by atoms with Crippen LogP contribution in [0.1, 0.15) is 6.92 Å². The number of rotatable bonds is 4. The third-order valence-electron chi connectivity index (χ3n) is 1.80. The van der Waals surface area contributed by atoms with Gasteiger partial charge in [-0.05, 0) is 6.92 Å². The van der Waals surface area contributed by atoms with Crippen molar-refractivity contribution in [2.75, 3.05) is 29.5 Å². The molecule has 6 N–H and O–H groups in total. The van der Waals surface area contributed by atoms with Gasteiger partial charge < -0.3 is 22.1 Å². The smallest absolute Gasteiger partial charge is 0.236 e. The highest BCUT2D eigenvalue weighted by molar-refractivity contribution is 5.79. The lowest BCUT2D eigenvalue weighted by atomic mass is 10.4. The lowest BCUT2D eigenvalue weighted by molar-refractivity contribution is -0.116. The van der Waals surface area contributed by atoms with Gasteiger partial charge in [0.15, 0.2) is 0 Å². The minimum atomic E-state index is -0.437. The van der Waals surface area contributed by atoms with Crippen molar-refractivity contribution in [1.29, 1.82) is 0 Å². The predicted octanol–water partition coefficient (Wildman–Crippen LogP) is -1.05. The molecule has 7 nitrogen and oxygen atoms in total. The zero-order chi connectivity index (χ0) is 11.4. The quantitative estimate of drug-likeness (QED) is 0.582. The maximum Gasteiger partial charge on any atom is 0.236 e. The fourth-order valence-electron chi connectivity index (χ4n) is 1.18. The Bertz CT molecular complexity index is 346. The summed E-state index contributed by atoms with van der Waals surface area (Å²) in [5.74, 6) is 0.405. The Labute approximate surface area is 87.3 Å². The lowest BCUT2D eigenvalue weighted by Crippen LogP contribution is -2.34. The van der Waals surface area contributed by atoms with Gasteiger partial charge in [-0.25, -0.2) is 0 Å². The first-order valence-electron chi connectivity index (χ1n) is 4.46. The highest BCUT2D eigenvalue weighted by Crippen LogP contribution is 2.14. The molecule has 1 aromatic heterocycles. The van der Waals surface area contributed by atoms with Crippen LogP contribution in [-0.2, 0) is 4.79 Å². The van der Waals surface area contributed by atoms with Crippen LogP contribution in [0.2, 0.25) is 0 Å². The van der Waals surface area contributed by atoms with Gasteiger partial charge >= 0.3 is 0 Å². The molecule has 0 aromatic carbocycles. The Morgan fingerprint density at radius 1 is 1.47 bits per heavy atom. The number of hydrogen-bond acceptors (Lipinski definition) is 6. The van der Waals surface area contributed by atoms with Gasteiger partial charge in [-0.15, -0.1) is 0 Å². The summed E-state index contributed by atoms with van der Waals surface area (Å²) in [4.78, 5) is 20.1.